The van der Waals surface area contributed by atoms with E-state index in [9.17, 15) is 0 Å². The molecule has 3 aliphatic carbocycles. The van der Waals surface area contributed by atoms with Gasteiger partial charge in [0.05, 0.1) is 0 Å². The van der Waals surface area contributed by atoms with Gasteiger partial charge in [0.2, 0.25) is 0 Å². The molecule has 86 valence electrons. The minimum Gasteiger partial charge on any atom is -0.316 e. The van der Waals surface area contributed by atoms with Crippen LogP contribution in [-0.4, -0.2) is 13.1 Å². The quantitative estimate of drug-likeness (QED) is 0.747. The summed E-state index contributed by atoms with van der Waals surface area (Å²) in [6, 6.07) is 0. The van der Waals surface area contributed by atoms with Crippen molar-refractivity contribution < 1.29 is 0 Å². The van der Waals surface area contributed by atoms with Gasteiger partial charge in [0, 0.05) is 0 Å². The molecule has 3 rings (SSSR count). The molecule has 4 unspecified atom stereocenters. The van der Waals surface area contributed by atoms with Crippen LogP contribution in [0, 0.1) is 29.1 Å². The second-order valence-electron chi connectivity index (χ2n) is 6.77. The lowest BCUT2D eigenvalue weighted by molar-refractivity contribution is 0.277. The Hall–Kier alpha value is -0.0400. The predicted octanol–water partition coefficient (Wildman–Crippen LogP) is 3.06. The molecule has 0 aromatic rings. The van der Waals surface area contributed by atoms with Gasteiger partial charge in [0.1, 0.15) is 0 Å². The van der Waals surface area contributed by atoms with Crippen molar-refractivity contribution in [1.82, 2.24) is 5.32 Å². The fraction of sp³-hybridized carbons (Fsp3) is 1.00. The summed E-state index contributed by atoms with van der Waals surface area (Å²) in [7, 11) is 0. The van der Waals surface area contributed by atoms with Gasteiger partial charge in [-0.15, -0.1) is 0 Å². The van der Waals surface area contributed by atoms with Gasteiger partial charge in [-0.1, -0.05) is 20.3 Å². The van der Waals surface area contributed by atoms with Crippen molar-refractivity contribution in [2.24, 2.45) is 29.1 Å². The third-order valence-corrected chi connectivity index (χ3v) is 5.25. The molecule has 0 aromatic carbocycles. The number of fused-ring (bicyclic) bond motifs is 3. The van der Waals surface area contributed by atoms with Gasteiger partial charge in [0.25, 0.3) is 0 Å². The smallest absolute Gasteiger partial charge is 0.00148 e. The van der Waals surface area contributed by atoms with E-state index < -0.39 is 0 Å². The van der Waals surface area contributed by atoms with E-state index in [1.807, 2.05) is 0 Å². The Morgan fingerprint density at radius 3 is 2.73 bits per heavy atom. The minimum absolute atomic E-state index is 0.805. The van der Waals surface area contributed by atoms with Crippen LogP contribution in [0.15, 0.2) is 0 Å². The van der Waals surface area contributed by atoms with E-state index in [4.69, 9.17) is 0 Å². The Bertz CT molecular complexity index is 248. The molecule has 4 atom stereocenters. The Kier molecular flexibility index (Phi) is 2.35. The van der Waals surface area contributed by atoms with Crippen LogP contribution in [0.4, 0.5) is 0 Å². The van der Waals surface area contributed by atoms with Crippen molar-refractivity contribution in [2.75, 3.05) is 13.1 Å². The average Bonchev–Trinajstić information content (AvgIpc) is 2.61. The molecule has 0 amide bonds. The molecule has 15 heavy (non-hydrogen) atoms. The number of nitrogens with one attached hydrogen (secondary N) is 1. The molecular formula is C14H25N. The molecule has 3 aliphatic rings. The normalized spacial score (nSPS) is 47.0. The molecule has 2 bridgehead atoms. The van der Waals surface area contributed by atoms with Gasteiger partial charge in [-0.05, 0) is 67.9 Å². The molecule has 1 spiro atoms. The molecule has 1 heteroatoms. The van der Waals surface area contributed by atoms with E-state index in [1.165, 1.54) is 13.1 Å². The monoisotopic (exact) mass is 207 g/mol. The minimum atomic E-state index is 0.805. The lowest BCUT2D eigenvalue weighted by Crippen LogP contribution is -2.25. The third kappa shape index (κ3) is 1.63. The zero-order chi connectivity index (χ0) is 10.5. The second kappa shape index (κ2) is 3.48. The van der Waals surface area contributed by atoms with Crippen molar-refractivity contribution in [3.05, 3.63) is 0 Å². The van der Waals surface area contributed by atoms with Crippen molar-refractivity contribution in [1.29, 1.82) is 0 Å². The van der Waals surface area contributed by atoms with E-state index in [-0.39, 0.29) is 0 Å². The highest BCUT2D eigenvalue weighted by atomic mass is 14.9. The molecule has 0 saturated heterocycles. The lowest BCUT2D eigenvalue weighted by atomic mass is 9.84. The van der Waals surface area contributed by atoms with Crippen LogP contribution >= 0.6 is 0 Å². The molecule has 1 N–H and O–H groups in total. The summed E-state index contributed by atoms with van der Waals surface area (Å²) in [5, 5.41) is 3.66. The third-order valence-electron chi connectivity index (χ3n) is 5.25. The van der Waals surface area contributed by atoms with Crippen molar-refractivity contribution in [3.63, 3.8) is 0 Å². The van der Waals surface area contributed by atoms with Gasteiger partial charge in [-0.25, -0.2) is 0 Å². The van der Waals surface area contributed by atoms with Gasteiger partial charge in [-0.3, -0.25) is 0 Å². The number of rotatable bonds is 4. The number of hydrogen-bond acceptors (Lipinski definition) is 1. The fourth-order valence-corrected chi connectivity index (χ4v) is 4.46. The summed E-state index contributed by atoms with van der Waals surface area (Å²) in [5.74, 6) is 4.12. The molecule has 3 fully saturated rings. The maximum atomic E-state index is 3.66. The SMILES string of the molecule is CC(C)CNCC1CC12CC1CCC2C1. The van der Waals surface area contributed by atoms with Crippen LogP contribution in [0.1, 0.15) is 46.0 Å². The maximum Gasteiger partial charge on any atom is -0.00148 e. The highest BCUT2D eigenvalue weighted by molar-refractivity contribution is 5.14. The van der Waals surface area contributed by atoms with Crippen LogP contribution in [0.25, 0.3) is 0 Å². The Morgan fingerprint density at radius 2 is 2.13 bits per heavy atom. The average molecular weight is 207 g/mol. The second-order valence-corrected chi connectivity index (χ2v) is 6.77. The zero-order valence-electron chi connectivity index (χ0n) is 10.3. The lowest BCUT2D eigenvalue weighted by Gasteiger charge is -2.22. The largest absolute Gasteiger partial charge is 0.316 e. The number of hydrogen-bond donors (Lipinski definition) is 1. The zero-order valence-corrected chi connectivity index (χ0v) is 10.3. The van der Waals surface area contributed by atoms with E-state index in [2.05, 4.69) is 19.2 Å². The van der Waals surface area contributed by atoms with Crippen LogP contribution in [0.3, 0.4) is 0 Å². The predicted molar refractivity (Wildman–Crippen MR) is 63.7 cm³/mol. The first-order chi connectivity index (χ1) is 7.21. The first-order valence-electron chi connectivity index (χ1n) is 6.91. The first-order valence-corrected chi connectivity index (χ1v) is 6.91. The van der Waals surface area contributed by atoms with E-state index in [0.29, 0.717) is 0 Å². The molecule has 0 radical (unpaired) electrons. The maximum absolute atomic E-state index is 3.66. The topological polar surface area (TPSA) is 12.0 Å². The Morgan fingerprint density at radius 1 is 1.27 bits per heavy atom. The molecule has 0 aliphatic heterocycles. The summed E-state index contributed by atoms with van der Waals surface area (Å²) in [5.41, 5.74) is 0.854. The van der Waals surface area contributed by atoms with Crippen molar-refractivity contribution >= 4 is 0 Å². The Labute approximate surface area is 94.0 Å². The molecule has 3 saturated carbocycles. The van der Waals surface area contributed by atoms with E-state index in [0.717, 1.165) is 29.1 Å². The van der Waals surface area contributed by atoms with E-state index >= 15 is 0 Å². The Balaban J connectivity index is 1.48. The highest BCUT2D eigenvalue weighted by Gasteiger charge is 2.63. The standard InChI is InChI=1S/C14H25N/c1-10(2)8-15-9-13-7-14(13)6-11-3-4-12(14)5-11/h10-13,15H,3-9H2,1-2H3. The van der Waals surface area contributed by atoms with Crippen molar-refractivity contribution in [2.45, 2.75) is 46.0 Å². The summed E-state index contributed by atoms with van der Waals surface area (Å²) < 4.78 is 0. The summed E-state index contributed by atoms with van der Waals surface area (Å²) in [6.07, 6.45) is 7.84. The highest BCUT2D eigenvalue weighted by Crippen LogP contribution is 2.71. The fourth-order valence-electron chi connectivity index (χ4n) is 4.46. The van der Waals surface area contributed by atoms with E-state index in [1.54, 1.807) is 32.1 Å². The first kappa shape index (κ1) is 10.1. The molecule has 0 heterocycles. The van der Waals surface area contributed by atoms with Crippen LogP contribution < -0.4 is 5.32 Å². The summed E-state index contributed by atoms with van der Waals surface area (Å²) in [4.78, 5) is 0. The van der Waals surface area contributed by atoms with Gasteiger partial charge < -0.3 is 5.32 Å². The summed E-state index contributed by atoms with van der Waals surface area (Å²) in [6.45, 7) is 7.11. The van der Waals surface area contributed by atoms with Gasteiger partial charge in [-0.2, -0.15) is 0 Å². The van der Waals surface area contributed by atoms with Crippen molar-refractivity contribution in [3.8, 4) is 0 Å². The summed E-state index contributed by atoms with van der Waals surface area (Å²) >= 11 is 0. The van der Waals surface area contributed by atoms with Crippen LogP contribution in [0.5, 0.6) is 0 Å². The molecular weight excluding hydrogens is 182 g/mol. The van der Waals surface area contributed by atoms with Gasteiger partial charge in [0.15, 0.2) is 0 Å². The molecule has 0 aromatic heterocycles. The van der Waals surface area contributed by atoms with Gasteiger partial charge >= 0.3 is 0 Å². The van der Waals surface area contributed by atoms with Crippen LogP contribution in [-0.2, 0) is 0 Å². The molecule has 1 nitrogen and oxygen atoms in total. The van der Waals surface area contributed by atoms with Crippen LogP contribution in [0.2, 0.25) is 0 Å².